The topological polar surface area (TPSA) is 36.7 Å². The number of hydrogen-bond acceptors (Lipinski definition) is 3. The van der Waals surface area contributed by atoms with Crippen molar-refractivity contribution in [2.24, 2.45) is 0 Å². The van der Waals surface area contributed by atoms with Gasteiger partial charge in [0.05, 0.1) is 0 Å². The third kappa shape index (κ3) is 3.49. The average Bonchev–Trinajstić information content (AvgIpc) is 2.41. The maximum atomic E-state index is 8.93. The van der Waals surface area contributed by atoms with Crippen LogP contribution in [-0.4, -0.2) is 4.98 Å². The minimum Gasteiger partial charge on any atom is -0.245 e. The Kier molecular flexibility index (Phi) is 4.63. The number of rotatable bonds is 4. The highest BCUT2D eigenvalue weighted by Crippen LogP contribution is 2.20. The zero-order valence-corrected chi connectivity index (χ0v) is 11.2. The van der Waals surface area contributed by atoms with Crippen LogP contribution in [0, 0.1) is 11.3 Å². The summed E-state index contributed by atoms with van der Waals surface area (Å²) in [6.45, 7) is 0. The zero-order chi connectivity index (χ0) is 12.8. The van der Waals surface area contributed by atoms with Crippen molar-refractivity contribution in [3.63, 3.8) is 0 Å². The Hall–Kier alpha value is -1.50. The Labute approximate surface area is 116 Å². The quantitative estimate of drug-likeness (QED) is 0.844. The van der Waals surface area contributed by atoms with Crippen LogP contribution in [0.5, 0.6) is 0 Å². The van der Waals surface area contributed by atoms with Crippen LogP contribution in [0.2, 0.25) is 5.02 Å². The summed E-state index contributed by atoms with van der Waals surface area (Å²) in [5.74, 6) is 1.69. The smallest absolute Gasteiger partial charge is 0.144 e. The molecule has 0 aliphatic carbocycles. The maximum Gasteiger partial charge on any atom is 0.144 e. The van der Waals surface area contributed by atoms with E-state index in [9.17, 15) is 0 Å². The van der Waals surface area contributed by atoms with Crippen LogP contribution in [0.25, 0.3) is 0 Å². The van der Waals surface area contributed by atoms with Crippen LogP contribution in [0.3, 0.4) is 0 Å². The van der Waals surface area contributed by atoms with Crippen molar-refractivity contribution in [3.8, 4) is 6.07 Å². The van der Waals surface area contributed by atoms with E-state index < -0.39 is 0 Å². The Morgan fingerprint density at radius 1 is 1.17 bits per heavy atom. The normalized spacial score (nSPS) is 10.0. The molecule has 1 aromatic carbocycles. The molecule has 0 atom stereocenters. The molecule has 2 nitrogen and oxygen atoms in total. The van der Waals surface area contributed by atoms with Gasteiger partial charge in [0.2, 0.25) is 0 Å². The van der Waals surface area contributed by atoms with E-state index in [1.54, 1.807) is 18.0 Å². The number of hydrogen-bond donors (Lipinski definition) is 0. The summed E-state index contributed by atoms with van der Waals surface area (Å²) in [5, 5.41) is 9.68. The van der Waals surface area contributed by atoms with Crippen molar-refractivity contribution in [1.82, 2.24) is 4.98 Å². The number of halogens is 1. The number of thioether (sulfide) groups is 1. The average molecular weight is 275 g/mol. The molecule has 18 heavy (non-hydrogen) atoms. The molecular formula is C14H11ClN2S. The lowest BCUT2D eigenvalue weighted by Gasteiger charge is -2.03. The molecule has 2 aromatic rings. The third-order valence-corrected chi connectivity index (χ3v) is 3.74. The first kappa shape index (κ1) is 12.9. The van der Waals surface area contributed by atoms with Gasteiger partial charge >= 0.3 is 0 Å². The van der Waals surface area contributed by atoms with Crippen molar-refractivity contribution < 1.29 is 0 Å². The van der Waals surface area contributed by atoms with Crippen LogP contribution in [0.15, 0.2) is 42.6 Å². The van der Waals surface area contributed by atoms with Crippen molar-refractivity contribution >= 4 is 23.4 Å². The summed E-state index contributed by atoms with van der Waals surface area (Å²) in [6.07, 6.45) is 1.64. The van der Waals surface area contributed by atoms with E-state index in [0.717, 1.165) is 22.1 Å². The van der Waals surface area contributed by atoms with Gasteiger partial charge in [-0.25, -0.2) is 4.98 Å². The monoisotopic (exact) mass is 274 g/mol. The van der Waals surface area contributed by atoms with E-state index in [2.05, 4.69) is 11.1 Å². The van der Waals surface area contributed by atoms with Crippen molar-refractivity contribution in [1.29, 1.82) is 5.26 Å². The van der Waals surface area contributed by atoms with Gasteiger partial charge in [0.15, 0.2) is 0 Å². The van der Waals surface area contributed by atoms with E-state index in [-0.39, 0.29) is 0 Å². The molecule has 1 heterocycles. The third-order valence-electron chi connectivity index (χ3n) is 2.44. The Morgan fingerprint density at radius 2 is 1.94 bits per heavy atom. The highest BCUT2D eigenvalue weighted by molar-refractivity contribution is 7.97. The predicted octanol–water partition coefficient (Wildman–Crippen LogP) is 4.04. The minimum atomic E-state index is 0.515. The number of nitriles is 1. The SMILES string of the molecule is N#Cc1ncccc1CSCc1ccc(Cl)cc1. The fourth-order valence-electron chi connectivity index (χ4n) is 1.52. The lowest BCUT2D eigenvalue weighted by Crippen LogP contribution is -1.91. The van der Waals surface area contributed by atoms with E-state index in [1.807, 2.05) is 36.4 Å². The summed E-state index contributed by atoms with van der Waals surface area (Å²) >= 11 is 7.59. The Bertz CT molecular complexity index is 561. The van der Waals surface area contributed by atoms with Crippen molar-refractivity contribution in [3.05, 3.63) is 64.4 Å². The van der Waals surface area contributed by atoms with Gasteiger partial charge in [-0.3, -0.25) is 0 Å². The first-order valence-electron chi connectivity index (χ1n) is 5.46. The summed E-state index contributed by atoms with van der Waals surface area (Å²) in [5.41, 5.74) is 2.73. The molecule has 0 radical (unpaired) electrons. The molecule has 0 aliphatic rings. The second-order valence-corrected chi connectivity index (χ2v) is 5.16. The predicted molar refractivity (Wildman–Crippen MR) is 75.4 cm³/mol. The van der Waals surface area contributed by atoms with Crippen LogP contribution in [-0.2, 0) is 11.5 Å². The summed E-state index contributed by atoms with van der Waals surface area (Å²) < 4.78 is 0. The highest BCUT2D eigenvalue weighted by atomic mass is 35.5. The summed E-state index contributed by atoms with van der Waals surface area (Å²) in [6, 6.07) is 13.7. The molecular weight excluding hydrogens is 264 g/mol. The van der Waals surface area contributed by atoms with Crippen LogP contribution >= 0.6 is 23.4 Å². The molecule has 0 bridgehead atoms. The standard InChI is InChI=1S/C14H11ClN2S/c15-13-5-3-11(4-6-13)9-18-10-12-2-1-7-17-14(12)8-16/h1-7H,9-10H2. The zero-order valence-electron chi connectivity index (χ0n) is 9.64. The largest absolute Gasteiger partial charge is 0.245 e. The van der Waals surface area contributed by atoms with Gasteiger partial charge in [0, 0.05) is 22.7 Å². The fraction of sp³-hybridized carbons (Fsp3) is 0.143. The molecule has 2 rings (SSSR count). The Balaban J connectivity index is 1.93. The second-order valence-electron chi connectivity index (χ2n) is 3.74. The van der Waals surface area contributed by atoms with Crippen molar-refractivity contribution in [2.75, 3.05) is 0 Å². The molecule has 0 amide bonds. The van der Waals surface area contributed by atoms with Crippen LogP contribution in [0.4, 0.5) is 0 Å². The first-order valence-corrected chi connectivity index (χ1v) is 6.99. The number of pyridine rings is 1. The minimum absolute atomic E-state index is 0.515. The van der Waals surface area contributed by atoms with E-state index in [0.29, 0.717) is 5.69 Å². The summed E-state index contributed by atoms with van der Waals surface area (Å²) in [4.78, 5) is 4.04. The molecule has 0 saturated carbocycles. The second kappa shape index (κ2) is 6.44. The van der Waals surface area contributed by atoms with E-state index in [4.69, 9.17) is 16.9 Å². The highest BCUT2D eigenvalue weighted by Gasteiger charge is 2.02. The number of benzene rings is 1. The van der Waals surface area contributed by atoms with Gasteiger partial charge in [-0.15, -0.1) is 0 Å². The molecule has 0 fully saturated rings. The molecule has 0 spiro atoms. The van der Waals surface area contributed by atoms with Crippen LogP contribution in [0.1, 0.15) is 16.8 Å². The molecule has 0 unspecified atom stereocenters. The molecule has 0 saturated heterocycles. The molecule has 4 heteroatoms. The molecule has 90 valence electrons. The lowest BCUT2D eigenvalue weighted by atomic mass is 10.2. The van der Waals surface area contributed by atoms with E-state index in [1.165, 1.54) is 5.56 Å². The lowest BCUT2D eigenvalue weighted by molar-refractivity contribution is 1.19. The van der Waals surface area contributed by atoms with Crippen LogP contribution < -0.4 is 0 Å². The van der Waals surface area contributed by atoms with Crippen molar-refractivity contribution in [2.45, 2.75) is 11.5 Å². The van der Waals surface area contributed by atoms with Gasteiger partial charge in [-0.1, -0.05) is 29.8 Å². The van der Waals surface area contributed by atoms with Gasteiger partial charge in [0.1, 0.15) is 11.8 Å². The maximum absolute atomic E-state index is 8.93. The van der Waals surface area contributed by atoms with Gasteiger partial charge in [0.25, 0.3) is 0 Å². The number of nitrogens with zero attached hydrogens (tertiary/aromatic N) is 2. The molecule has 1 aromatic heterocycles. The Morgan fingerprint density at radius 3 is 2.67 bits per heavy atom. The first-order chi connectivity index (χ1) is 8.79. The van der Waals surface area contributed by atoms with Gasteiger partial charge in [-0.05, 0) is 29.3 Å². The molecule has 0 N–H and O–H groups in total. The van der Waals surface area contributed by atoms with Gasteiger partial charge < -0.3 is 0 Å². The van der Waals surface area contributed by atoms with Gasteiger partial charge in [-0.2, -0.15) is 17.0 Å². The van der Waals surface area contributed by atoms with E-state index >= 15 is 0 Å². The molecule has 0 aliphatic heterocycles. The summed E-state index contributed by atoms with van der Waals surface area (Å²) in [7, 11) is 0. The number of aromatic nitrogens is 1. The fourth-order valence-corrected chi connectivity index (χ4v) is 2.62.